The Labute approximate surface area is 232 Å². The lowest BCUT2D eigenvalue weighted by molar-refractivity contribution is -0.153. The Balaban J connectivity index is 0.000000302. The van der Waals surface area contributed by atoms with Crippen molar-refractivity contribution >= 4 is 18.2 Å². The summed E-state index contributed by atoms with van der Waals surface area (Å²) in [6.45, 7) is 20.4. The number of carbonyl (C=O) groups is 3. The van der Waals surface area contributed by atoms with E-state index in [1.165, 1.54) is 0 Å². The summed E-state index contributed by atoms with van der Waals surface area (Å²) in [7, 11) is 0. The molecular weight excluding hydrogens is 512 g/mol. The van der Waals surface area contributed by atoms with E-state index in [0.717, 1.165) is 6.29 Å². The van der Waals surface area contributed by atoms with E-state index in [4.69, 9.17) is 37.9 Å². The summed E-state index contributed by atoms with van der Waals surface area (Å²) in [6, 6.07) is 0. The molecule has 0 bridgehead atoms. The lowest BCUT2D eigenvalue weighted by Gasteiger charge is -2.18. The first-order chi connectivity index (χ1) is 18.0. The monoisotopic (exact) mass is 560 g/mol. The summed E-state index contributed by atoms with van der Waals surface area (Å²) in [5, 5.41) is 0. The van der Waals surface area contributed by atoms with E-state index < -0.39 is 17.4 Å². The topological polar surface area (TPSA) is 125 Å². The number of carbonyl (C=O) groups excluding carboxylic acids is 3. The van der Waals surface area contributed by atoms with E-state index in [1.54, 1.807) is 33.8 Å². The number of esters is 2. The standard InChI is InChI=1S/C11H20O4.C11H18O4.C6H10O3/c2*1-5-13-10(12)8(2)6-9-7-14-11(3,4)15-9;1-6(2)8-4-5(3-7)9-6/h8-9H,5-7H2,1-4H3;6,9H,5,7H2,1-4H3;3,5H,4H2,1-2H3/t8?,9-;9-;5-/m000/s1. The van der Waals surface area contributed by atoms with Crippen molar-refractivity contribution in [3.05, 3.63) is 11.6 Å². The second kappa shape index (κ2) is 15.8. The second-order valence-electron chi connectivity index (χ2n) is 10.8. The Morgan fingerprint density at radius 2 is 1.31 bits per heavy atom. The van der Waals surface area contributed by atoms with E-state index in [1.807, 2.05) is 41.5 Å². The van der Waals surface area contributed by atoms with E-state index in [2.05, 4.69) is 0 Å². The van der Waals surface area contributed by atoms with E-state index >= 15 is 0 Å². The van der Waals surface area contributed by atoms with Crippen molar-refractivity contribution in [2.24, 2.45) is 5.92 Å². The minimum atomic E-state index is -0.564. The third-order valence-electron chi connectivity index (χ3n) is 5.62. The first kappa shape index (κ1) is 35.1. The van der Waals surface area contributed by atoms with Gasteiger partial charge in [-0.15, -0.1) is 0 Å². The van der Waals surface area contributed by atoms with Gasteiger partial charge in [0.2, 0.25) is 0 Å². The number of rotatable bonds is 8. The lowest BCUT2D eigenvalue weighted by Crippen LogP contribution is -2.25. The molecule has 0 aromatic carbocycles. The van der Waals surface area contributed by atoms with Crippen LogP contribution in [0.25, 0.3) is 0 Å². The highest BCUT2D eigenvalue weighted by atomic mass is 16.8. The summed E-state index contributed by atoms with van der Waals surface area (Å²) in [6.07, 6.45) is 2.63. The van der Waals surface area contributed by atoms with Crippen LogP contribution in [0.15, 0.2) is 11.6 Å². The first-order valence-corrected chi connectivity index (χ1v) is 13.5. The van der Waals surface area contributed by atoms with Crippen molar-refractivity contribution in [2.45, 2.75) is 111 Å². The van der Waals surface area contributed by atoms with Crippen LogP contribution < -0.4 is 0 Å². The molecule has 0 aromatic heterocycles. The summed E-state index contributed by atoms with van der Waals surface area (Å²) >= 11 is 0. The molecule has 11 heteroatoms. The molecule has 0 aliphatic carbocycles. The average Bonchev–Trinajstić information content (AvgIpc) is 3.49. The van der Waals surface area contributed by atoms with Crippen LogP contribution in [0.1, 0.15) is 75.7 Å². The van der Waals surface area contributed by atoms with Crippen molar-refractivity contribution < 1.29 is 52.3 Å². The van der Waals surface area contributed by atoms with Gasteiger partial charge in [-0.05, 0) is 74.8 Å². The van der Waals surface area contributed by atoms with Crippen molar-refractivity contribution in [2.75, 3.05) is 33.0 Å². The molecule has 0 spiro atoms. The van der Waals surface area contributed by atoms with Crippen LogP contribution >= 0.6 is 0 Å². The Morgan fingerprint density at radius 3 is 1.69 bits per heavy atom. The molecule has 3 fully saturated rings. The van der Waals surface area contributed by atoms with Crippen LogP contribution in [0.4, 0.5) is 0 Å². The number of hydrogen-bond donors (Lipinski definition) is 0. The molecule has 0 aromatic rings. The predicted octanol–water partition coefficient (Wildman–Crippen LogP) is 3.71. The average molecular weight is 561 g/mol. The second-order valence-corrected chi connectivity index (χ2v) is 10.8. The molecule has 3 aliphatic heterocycles. The molecule has 4 atom stereocenters. The Hall–Kier alpha value is -1.89. The van der Waals surface area contributed by atoms with Crippen LogP contribution in [0, 0.1) is 5.92 Å². The molecule has 3 saturated heterocycles. The summed E-state index contributed by atoms with van der Waals surface area (Å²) < 4.78 is 41.9. The fraction of sp³-hybridized carbons (Fsp3) is 0.821. The summed E-state index contributed by atoms with van der Waals surface area (Å²) in [5.74, 6) is -2.23. The Bertz CT molecular complexity index is 818. The molecule has 11 nitrogen and oxygen atoms in total. The largest absolute Gasteiger partial charge is 0.466 e. The molecule has 3 aliphatic rings. The van der Waals surface area contributed by atoms with Gasteiger partial charge in [0.25, 0.3) is 0 Å². The highest BCUT2D eigenvalue weighted by Gasteiger charge is 2.35. The highest BCUT2D eigenvalue weighted by molar-refractivity contribution is 5.87. The van der Waals surface area contributed by atoms with Crippen LogP contribution in [0.2, 0.25) is 0 Å². The number of aldehydes is 1. The summed E-state index contributed by atoms with van der Waals surface area (Å²) in [4.78, 5) is 32.8. The predicted molar refractivity (Wildman–Crippen MR) is 142 cm³/mol. The van der Waals surface area contributed by atoms with Crippen LogP contribution in [0.5, 0.6) is 0 Å². The van der Waals surface area contributed by atoms with Gasteiger partial charge in [-0.3, -0.25) is 4.79 Å². The van der Waals surface area contributed by atoms with Crippen molar-refractivity contribution in [1.29, 1.82) is 0 Å². The maximum absolute atomic E-state index is 11.4. The van der Waals surface area contributed by atoms with Crippen molar-refractivity contribution in [3.63, 3.8) is 0 Å². The molecule has 1 unspecified atom stereocenters. The quantitative estimate of drug-likeness (QED) is 0.245. The molecule has 0 radical (unpaired) electrons. The van der Waals surface area contributed by atoms with E-state index in [9.17, 15) is 14.4 Å². The van der Waals surface area contributed by atoms with Gasteiger partial charge >= 0.3 is 11.9 Å². The van der Waals surface area contributed by atoms with Gasteiger partial charge in [-0.25, -0.2) is 4.79 Å². The smallest absolute Gasteiger partial charge is 0.333 e. The van der Waals surface area contributed by atoms with Gasteiger partial charge in [0, 0.05) is 5.57 Å². The molecule has 0 amide bonds. The number of hydrogen-bond acceptors (Lipinski definition) is 11. The normalized spacial score (nSPS) is 27.3. The van der Waals surface area contributed by atoms with E-state index in [0.29, 0.717) is 45.0 Å². The summed E-state index contributed by atoms with van der Waals surface area (Å²) in [5.41, 5.74) is 0.558. The third-order valence-corrected chi connectivity index (χ3v) is 5.62. The minimum absolute atomic E-state index is 0.000550. The fourth-order valence-electron chi connectivity index (χ4n) is 3.83. The lowest BCUT2D eigenvalue weighted by atomic mass is 10.0. The molecule has 39 heavy (non-hydrogen) atoms. The van der Waals surface area contributed by atoms with Crippen LogP contribution in [-0.4, -0.2) is 86.9 Å². The van der Waals surface area contributed by atoms with E-state index in [-0.39, 0.29) is 36.2 Å². The third kappa shape index (κ3) is 13.8. The van der Waals surface area contributed by atoms with Gasteiger partial charge in [0.15, 0.2) is 23.6 Å². The maximum atomic E-state index is 11.4. The minimum Gasteiger partial charge on any atom is -0.466 e. The first-order valence-electron chi connectivity index (χ1n) is 13.5. The Kier molecular flexibility index (Phi) is 14.2. The van der Waals surface area contributed by atoms with Crippen LogP contribution in [-0.2, 0) is 52.3 Å². The Morgan fingerprint density at radius 1 is 0.821 bits per heavy atom. The number of ether oxygens (including phenoxy) is 8. The fourth-order valence-corrected chi connectivity index (χ4v) is 3.83. The van der Waals surface area contributed by atoms with Gasteiger partial charge in [0.05, 0.1) is 45.1 Å². The maximum Gasteiger partial charge on any atom is 0.333 e. The van der Waals surface area contributed by atoms with Crippen molar-refractivity contribution in [3.8, 4) is 0 Å². The van der Waals surface area contributed by atoms with Crippen LogP contribution in [0.3, 0.4) is 0 Å². The van der Waals surface area contributed by atoms with Gasteiger partial charge in [-0.2, -0.15) is 0 Å². The molecule has 226 valence electrons. The van der Waals surface area contributed by atoms with Crippen molar-refractivity contribution in [1.82, 2.24) is 0 Å². The zero-order chi connectivity index (χ0) is 29.9. The molecule has 0 saturated carbocycles. The zero-order valence-corrected chi connectivity index (χ0v) is 25.2. The molecule has 0 N–H and O–H groups in total. The SMILES string of the molecule is CC1(C)OC[C@H](C=O)O1.CCOC(=O)C(C)=C[C@H]1COC(C)(C)O1.CCOC(=O)C(C)C[C@H]1COC(C)(C)O1. The van der Waals surface area contributed by atoms with Gasteiger partial charge < -0.3 is 42.7 Å². The van der Waals surface area contributed by atoms with Gasteiger partial charge in [0.1, 0.15) is 12.2 Å². The van der Waals surface area contributed by atoms with Gasteiger partial charge in [-0.1, -0.05) is 6.92 Å². The molecular formula is C28H48O11. The highest BCUT2D eigenvalue weighted by Crippen LogP contribution is 2.26. The molecule has 3 rings (SSSR count). The zero-order valence-electron chi connectivity index (χ0n) is 25.2. The molecule has 3 heterocycles.